The summed E-state index contributed by atoms with van der Waals surface area (Å²) >= 11 is 1.85. The number of hydrogen-bond donors (Lipinski definition) is 2. The van der Waals surface area contributed by atoms with Gasteiger partial charge in [0.05, 0.1) is 12.8 Å². The Hall–Kier alpha value is -2.48. The monoisotopic (exact) mass is 488 g/mol. The number of carbonyl (C=O) groups excluding carboxylic acids is 1. The minimum absolute atomic E-state index is 0. The SMILES string of the molecule is COc1ccc(NC(=O)NCCCCN2CCN(c3csc4cc(C)ccc34)CC2)cc1.Cl. The van der Waals surface area contributed by atoms with Gasteiger partial charge in [0.1, 0.15) is 5.75 Å². The fourth-order valence-electron chi connectivity index (χ4n) is 4.09. The van der Waals surface area contributed by atoms with Gasteiger partial charge >= 0.3 is 6.03 Å². The number of fused-ring (bicyclic) bond motifs is 1. The van der Waals surface area contributed by atoms with Gasteiger partial charge in [-0.25, -0.2) is 4.79 Å². The summed E-state index contributed by atoms with van der Waals surface area (Å²) in [4.78, 5) is 17.1. The number of thiophene rings is 1. The third-order valence-electron chi connectivity index (χ3n) is 5.96. The number of unbranched alkanes of at least 4 members (excludes halogenated alkanes) is 1. The van der Waals surface area contributed by atoms with E-state index in [1.54, 1.807) is 7.11 Å². The number of methoxy groups -OCH3 is 1. The first-order chi connectivity index (χ1) is 15.6. The highest BCUT2D eigenvalue weighted by Crippen LogP contribution is 2.34. The smallest absolute Gasteiger partial charge is 0.319 e. The molecule has 2 N–H and O–H groups in total. The molecule has 0 aliphatic carbocycles. The second-order valence-electron chi connectivity index (χ2n) is 8.27. The Morgan fingerprint density at radius 2 is 1.82 bits per heavy atom. The van der Waals surface area contributed by atoms with Crippen LogP contribution in [0.4, 0.5) is 16.2 Å². The van der Waals surface area contributed by atoms with Crippen LogP contribution in [0.5, 0.6) is 5.75 Å². The largest absolute Gasteiger partial charge is 0.497 e. The Balaban J connectivity index is 0.00000306. The normalized spacial score (nSPS) is 14.1. The average Bonchev–Trinajstić information content (AvgIpc) is 3.23. The zero-order chi connectivity index (χ0) is 22.3. The van der Waals surface area contributed by atoms with Crippen molar-refractivity contribution in [2.24, 2.45) is 0 Å². The summed E-state index contributed by atoms with van der Waals surface area (Å²) in [6.07, 6.45) is 2.06. The van der Waals surface area contributed by atoms with Crippen molar-refractivity contribution in [3.8, 4) is 5.75 Å². The lowest BCUT2D eigenvalue weighted by molar-refractivity contribution is 0.247. The molecule has 4 rings (SSSR count). The fraction of sp³-hybridized carbons (Fsp3) is 0.400. The first-order valence-electron chi connectivity index (χ1n) is 11.3. The molecule has 1 aliphatic rings. The number of anilines is 2. The maximum atomic E-state index is 12.0. The van der Waals surface area contributed by atoms with Crippen LogP contribution >= 0.6 is 23.7 Å². The third kappa shape index (κ3) is 6.76. The predicted octanol–water partition coefficient (Wildman–Crippen LogP) is 5.36. The molecule has 0 saturated carbocycles. The molecule has 6 nitrogen and oxygen atoms in total. The van der Waals surface area contributed by atoms with Crippen molar-refractivity contribution >= 4 is 51.2 Å². The summed E-state index contributed by atoms with van der Waals surface area (Å²) in [6.45, 7) is 8.25. The van der Waals surface area contributed by atoms with Crippen LogP contribution in [-0.2, 0) is 0 Å². The van der Waals surface area contributed by atoms with Gasteiger partial charge < -0.3 is 20.3 Å². The Labute approximate surface area is 206 Å². The molecular formula is C25H33ClN4O2S. The van der Waals surface area contributed by atoms with Crippen LogP contribution in [0.3, 0.4) is 0 Å². The first kappa shape index (κ1) is 25.1. The van der Waals surface area contributed by atoms with Gasteiger partial charge in [-0.2, -0.15) is 0 Å². The van der Waals surface area contributed by atoms with Gasteiger partial charge in [-0.05, 0) is 62.2 Å². The number of benzene rings is 2. The first-order valence-corrected chi connectivity index (χ1v) is 12.1. The summed E-state index contributed by atoms with van der Waals surface area (Å²) in [5.74, 6) is 0.774. The van der Waals surface area contributed by atoms with E-state index < -0.39 is 0 Å². The number of halogens is 1. The van der Waals surface area contributed by atoms with Crippen molar-refractivity contribution in [1.82, 2.24) is 10.2 Å². The zero-order valence-corrected chi connectivity index (χ0v) is 20.9. The summed E-state index contributed by atoms with van der Waals surface area (Å²) in [6, 6.07) is 13.9. The highest BCUT2D eigenvalue weighted by molar-refractivity contribution is 7.17. The Morgan fingerprint density at radius 1 is 1.06 bits per heavy atom. The lowest BCUT2D eigenvalue weighted by Gasteiger charge is -2.35. The lowest BCUT2D eigenvalue weighted by Crippen LogP contribution is -2.46. The van der Waals surface area contributed by atoms with E-state index in [1.165, 1.54) is 21.3 Å². The van der Waals surface area contributed by atoms with E-state index in [0.717, 1.165) is 57.0 Å². The van der Waals surface area contributed by atoms with Gasteiger partial charge in [-0.3, -0.25) is 4.90 Å². The lowest BCUT2D eigenvalue weighted by atomic mass is 10.1. The number of nitrogens with zero attached hydrogens (tertiary/aromatic N) is 2. The number of amides is 2. The summed E-state index contributed by atoms with van der Waals surface area (Å²) < 4.78 is 6.51. The Kier molecular flexibility index (Phi) is 9.23. The van der Waals surface area contributed by atoms with E-state index in [-0.39, 0.29) is 18.4 Å². The minimum Gasteiger partial charge on any atom is -0.497 e. The topological polar surface area (TPSA) is 56.8 Å². The van der Waals surface area contributed by atoms with Crippen LogP contribution in [0.15, 0.2) is 47.8 Å². The number of nitrogens with one attached hydrogen (secondary N) is 2. The van der Waals surface area contributed by atoms with Crippen LogP contribution in [0, 0.1) is 6.92 Å². The van der Waals surface area contributed by atoms with Crippen molar-refractivity contribution < 1.29 is 9.53 Å². The van der Waals surface area contributed by atoms with Gasteiger partial charge in [0.25, 0.3) is 0 Å². The van der Waals surface area contributed by atoms with E-state index in [2.05, 4.69) is 50.9 Å². The molecule has 1 aromatic heterocycles. The third-order valence-corrected chi connectivity index (χ3v) is 6.89. The van der Waals surface area contributed by atoms with E-state index in [0.29, 0.717) is 6.54 Å². The molecule has 2 aromatic carbocycles. The molecule has 1 fully saturated rings. The number of rotatable bonds is 8. The highest BCUT2D eigenvalue weighted by Gasteiger charge is 2.19. The molecule has 0 spiro atoms. The molecule has 0 bridgehead atoms. The highest BCUT2D eigenvalue weighted by atomic mass is 35.5. The number of aryl methyl sites for hydroxylation is 1. The Morgan fingerprint density at radius 3 is 2.55 bits per heavy atom. The molecular weight excluding hydrogens is 456 g/mol. The maximum Gasteiger partial charge on any atom is 0.319 e. The molecule has 178 valence electrons. The maximum absolute atomic E-state index is 12.0. The number of carbonyl (C=O) groups is 1. The number of hydrogen-bond acceptors (Lipinski definition) is 5. The van der Waals surface area contributed by atoms with Crippen LogP contribution in [-0.4, -0.2) is 57.3 Å². The number of urea groups is 1. The quantitative estimate of drug-likeness (QED) is 0.419. The van der Waals surface area contributed by atoms with Crippen molar-refractivity contribution in [3.63, 3.8) is 0 Å². The van der Waals surface area contributed by atoms with Crippen LogP contribution in [0.25, 0.3) is 10.1 Å². The van der Waals surface area contributed by atoms with Crippen molar-refractivity contribution in [2.75, 3.05) is 56.6 Å². The van der Waals surface area contributed by atoms with Gasteiger partial charge in [-0.15, -0.1) is 23.7 Å². The second-order valence-corrected chi connectivity index (χ2v) is 9.18. The van der Waals surface area contributed by atoms with Crippen LogP contribution < -0.4 is 20.3 Å². The molecule has 8 heteroatoms. The summed E-state index contributed by atoms with van der Waals surface area (Å²) in [7, 11) is 1.63. The molecule has 33 heavy (non-hydrogen) atoms. The molecule has 0 unspecified atom stereocenters. The van der Waals surface area contributed by atoms with E-state index >= 15 is 0 Å². The van der Waals surface area contributed by atoms with E-state index in [1.807, 2.05) is 35.6 Å². The van der Waals surface area contributed by atoms with Crippen molar-refractivity contribution in [1.29, 1.82) is 0 Å². The average molecular weight is 489 g/mol. The Bertz CT molecular complexity index is 1030. The fourth-order valence-corrected chi connectivity index (χ4v) is 5.16. The molecule has 3 aromatic rings. The zero-order valence-electron chi connectivity index (χ0n) is 19.3. The van der Waals surface area contributed by atoms with Gasteiger partial charge in [-0.1, -0.05) is 12.1 Å². The standard InChI is InChI=1S/C25H32N4O2S.ClH/c1-19-5-10-22-23(18-32-24(22)17-19)29-15-13-28(14-16-29)12-4-3-11-26-25(30)27-20-6-8-21(31-2)9-7-20;/h5-10,17-18H,3-4,11-16H2,1-2H3,(H2,26,27,30);1H. The molecule has 2 amide bonds. The summed E-state index contributed by atoms with van der Waals surface area (Å²) in [5.41, 5.74) is 3.47. The molecule has 1 saturated heterocycles. The van der Waals surface area contributed by atoms with E-state index in [4.69, 9.17) is 4.74 Å². The molecule has 1 aliphatic heterocycles. The summed E-state index contributed by atoms with van der Waals surface area (Å²) in [5, 5.41) is 9.47. The second kappa shape index (κ2) is 12.1. The van der Waals surface area contributed by atoms with Gasteiger partial charge in [0.15, 0.2) is 0 Å². The van der Waals surface area contributed by atoms with Gasteiger partial charge in [0.2, 0.25) is 0 Å². The van der Waals surface area contributed by atoms with Gasteiger partial charge in [0, 0.05) is 53.9 Å². The van der Waals surface area contributed by atoms with Crippen molar-refractivity contribution in [3.05, 3.63) is 53.4 Å². The predicted molar refractivity (Wildman–Crippen MR) is 142 cm³/mol. The van der Waals surface area contributed by atoms with E-state index in [9.17, 15) is 4.79 Å². The van der Waals surface area contributed by atoms with Crippen molar-refractivity contribution in [2.45, 2.75) is 19.8 Å². The minimum atomic E-state index is -0.165. The number of ether oxygens (including phenoxy) is 1. The molecule has 0 atom stereocenters. The van der Waals surface area contributed by atoms with Crippen LogP contribution in [0.1, 0.15) is 18.4 Å². The number of piperazine rings is 1. The molecule has 0 radical (unpaired) electrons. The van der Waals surface area contributed by atoms with Crippen LogP contribution in [0.2, 0.25) is 0 Å². The molecule has 2 heterocycles.